The van der Waals surface area contributed by atoms with Crippen LogP contribution < -0.4 is 15.4 Å². The molecule has 1 aromatic rings. The lowest BCUT2D eigenvalue weighted by atomic mass is 9.96. The van der Waals surface area contributed by atoms with Gasteiger partial charge < -0.3 is 15.4 Å². The Kier molecular flexibility index (Phi) is 4.63. The van der Waals surface area contributed by atoms with Gasteiger partial charge in [-0.1, -0.05) is 0 Å². The summed E-state index contributed by atoms with van der Waals surface area (Å²) in [7, 11) is 3.84. The highest BCUT2D eigenvalue weighted by Gasteiger charge is 2.24. The second-order valence-corrected chi connectivity index (χ2v) is 5.45. The molecule has 0 aliphatic heterocycles. The summed E-state index contributed by atoms with van der Waals surface area (Å²) in [6.07, 6.45) is 0.966. The lowest BCUT2D eigenvalue weighted by molar-refractivity contribution is 0.410. The van der Waals surface area contributed by atoms with Crippen molar-refractivity contribution >= 4 is 5.69 Å². The zero-order valence-electron chi connectivity index (χ0n) is 12.5. The summed E-state index contributed by atoms with van der Waals surface area (Å²) >= 11 is 0. The molecule has 0 heterocycles. The predicted octanol–water partition coefficient (Wildman–Crippen LogP) is 2.88. The van der Waals surface area contributed by atoms with Crippen LogP contribution in [0.5, 0.6) is 5.75 Å². The van der Waals surface area contributed by atoms with Crippen LogP contribution in [0.4, 0.5) is 5.69 Å². The van der Waals surface area contributed by atoms with Crippen molar-refractivity contribution in [1.82, 2.24) is 0 Å². The number of rotatable bonds is 5. The molecular formula is C15H26N2O. The van der Waals surface area contributed by atoms with E-state index in [1.165, 1.54) is 16.8 Å². The van der Waals surface area contributed by atoms with Crippen molar-refractivity contribution in [3.05, 3.63) is 23.3 Å². The van der Waals surface area contributed by atoms with E-state index in [2.05, 4.69) is 45.7 Å². The molecule has 102 valence electrons. The van der Waals surface area contributed by atoms with Gasteiger partial charge in [0, 0.05) is 18.3 Å². The second kappa shape index (κ2) is 5.61. The van der Waals surface area contributed by atoms with Gasteiger partial charge in [0.15, 0.2) is 0 Å². The van der Waals surface area contributed by atoms with Crippen LogP contribution in [0.15, 0.2) is 12.1 Å². The first kappa shape index (κ1) is 14.8. The van der Waals surface area contributed by atoms with E-state index in [-0.39, 0.29) is 5.54 Å². The minimum atomic E-state index is 0.0561. The third-order valence-corrected chi connectivity index (χ3v) is 3.95. The maximum Gasteiger partial charge on any atom is 0.122 e. The summed E-state index contributed by atoms with van der Waals surface area (Å²) in [5.74, 6) is 0.946. The number of anilines is 1. The Morgan fingerprint density at radius 3 is 2.33 bits per heavy atom. The third kappa shape index (κ3) is 2.78. The van der Waals surface area contributed by atoms with Gasteiger partial charge in [-0.2, -0.15) is 0 Å². The van der Waals surface area contributed by atoms with Crippen molar-refractivity contribution < 1.29 is 4.74 Å². The molecule has 18 heavy (non-hydrogen) atoms. The molecule has 0 fully saturated rings. The zero-order chi connectivity index (χ0) is 13.9. The molecule has 0 unspecified atom stereocenters. The van der Waals surface area contributed by atoms with E-state index in [9.17, 15) is 0 Å². The smallest absolute Gasteiger partial charge is 0.122 e. The van der Waals surface area contributed by atoms with Crippen molar-refractivity contribution in [3.8, 4) is 5.75 Å². The summed E-state index contributed by atoms with van der Waals surface area (Å²) in [6, 6.07) is 4.16. The quantitative estimate of drug-likeness (QED) is 0.873. The van der Waals surface area contributed by atoms with Crippen LogP contribution in [-0.2, 0) is 0 Å². The summed E-state index contributed by atoms with van der Waals surface area (Å²) in [4.78, 5) is 2.31. The van der Waals surface area contributed by atoms with E-state index >= 15 is 0 Å². The average Bonchev–Trinajstić information content (AvgIpc) is 2.31. The molecule has 0 aliphatic carbocycles. The van der Waals surface area contributed by atoms with Gasteiger partial charge in [-0.15, -0.1) is 0 Å². The summed E-state index contributed by atoms with van der Waals surface area (Å²) in [5, 5.41) is 0. The van der Waals surface area contributed by atoms with Crippen molar-refractivity contribution in [2.75, 3.05) is 25.6 Å². The molecule has 3 nitrogen and oxygen atoms in total. The SMILES string of the molecule is COc1ccc(N(C)C(C)(C)CCN)c(C)c1C. The Morgan fingerprint density at radius 1 is 1.22 bits per heavy atom. The monoisotopic (exact) mass is 250 g/mol. The van der Waals surface area contributed by atoms with Crippen LogP contribution >= 0.6 is 0 Å². The Hall–Kier alpha value is -1.22. The molecule has 0 radical (unpaired) electrons. The fraction of sp³-hybridized carbons (Fsp3) is 0.600. The third-order valence-electron chi connectivity index (χ3n) is 3.95. The van der Waals surface area contributed by atoms with Crippen molar-refractivity contribution in [2.45, 2.75) is 39.7 Å². The number of ether oxygens (including phenoxy) is 1. The summed E-state index contributed by atoms with van der Waals surface area (Å²) < 4.78 is 5.36. The van der Waals surface area contributed by atoms with Crippen LogP contribution in [0.2, 0.25) is 0 Å². The van der Waals surface area contributed by atoms with Crippen LogP contribution in [0, 0.1) is 13.8 Å². The molecule has 1 aromatic carbocycles. The number of nitrogens with two attached hydrogens (primary N) is 1. The predicted molar refractivity (Wildman–Crippen MR) is 78.6 cm³/mol. The lowest BCUT2D eigenvalue weighted by Gasteiger charge is -2.38. The van der Waals surface area contributed by atoms with Gasteiger partial charge in [0.05, 0.1) is 7.11 Å². The lowest BCUT2D eigenvalue weighted by Crippen LogP contribution is -2.43. The van der Waals surface area contributed by atoms with E-state index in [1.807, 2.05) is 6.07 Å². The van der Waals surface area contributed by atoms with E-state index in [1.54, 1.807) is 7.11 Å². The van der Waals surface area contributed by atoms with Crippen LogP contribution in [0.25, 0.3) is 0 Å². The highest BCUT2D eigenvalue weighted by Crippen LogP contribution is 2.33. The molecule has 0 atom stereocenters. The molecule has 3 heteroatoms. The number of hydrogen-bond donors (Lipinski definition) is 1. The Labute approximate surface area is 111 Å². The van der Waals surface area contributed by atoms with Gasteiger partial charge in [0.2, 0.25) is 0 Å². The first-order valence-corrected chi connectivity index (χ1v) is 6.43. The minimum Gasteiger partial charge on any atom is -0.496 e. The van der Waals surface area contributed by atoms with Crippen LogP contribution in [-0.4, -0.2) is 26.2 Å². The maximum atomic E-state index is 5.70. The van der Waals surface area contributed by atoms with Crippen molar-refractivity contribution in [2.24, 2.45) is 5.73 Å². The molecule has 0 spiro atoms. The topological polar surface area (TPSA) is 38.5 Å². The largest absolute Gasteiger partial charge is 0.496 e. The highest BCUT2D eigenvalue weighted by molar-refractivity contribution is 5.60. The average molecular weight is 250 g/mol. The van der Waals surface area contributed by atoms with Gasteiger partial charge >= 0.3 is 0 Å². The van der Waals surface area contributed by atoms with E-state index < -0.39 is 0 Å². The molecule has 1 rings (SSSR count). The van der Waals surface area contributed by atoms with E-state index in [0.717, 1.165) is 12.2 Å². The molecule has 0 aromatic heterocycles. The fourth-order valence-electron chi connectivity index (χ4n) is 2.21. The molecule has 0 aliphatic rings. The van der Waals surface area contributed by atoms with Gasteiger partial charge in [-0.25, -0.2) is 0 Å². The number of hydrogen-bond acceptors (Lipinski definition) is 3. The minimum absolute atomic E-state index is 0.0561. The number of nitrogens with zero attached hydrogens (tertiary/aromatic N) is 1. The molecule has 0 bridgehead atoms. The van der Waals surface area contributed by atoms with Crippen molar-refractivity contribution in [1.29, 1.82) is 0 Å². The molecule has 0 saturated carbocycles. The number of methoxy groups -OCH3 is 1. The first-order valence-electron chi connectivity index (χ1n) is 6.43. The Balaban J connectivity index is 3.14. The maximum absolute atomic E-state index is 5.70. The van der Waals surface area contributed by atoms with Gasteiger partial charge in [-0.05, 0) is 63.9 Å². The molecule has 2 N–H and O–H groups in total. The molecule has 0 amide bonds. The second-order valence-electron chi connectivity index (χ2n) is 5.45. The summed E-state index contributed by atoms with van der Waals surface area (Å²) in [5.41, 5.74) is 9.46. The standard InChI is InChI=1S/C15H26N2O/c1-11-12(2)14(18-6)8-7-13(11)17(5)15(3,4)9-10-16/h7-8H,9-10,16H2,1-6H3. The molecular weight excluding hydrogens is 224 g/mol. The normalized spacial score (nSPS) is 11.5. The van der Waals surface area contributed by atoms with Gasteiger partial charge in [0.25, 0.3) is 0 Å². The fourth-order valence-corrected chi connectivity index (χ4v) is 2.21. The first-order chi connectivity index (χ1) is 8.35. The van der Waals surface area contributed by atoms with Crippen LogP contribution in [0.1, 0.15) is 31.4 Å². The van der Waals surface area contributed by atoms with E-state index in [4.69, 9.17) is 10.5 Å². The Bertz CT molecular complexity index is 413. The summed E-state index contributed by atoms with van der Waals surface area (Å²) in [6.45, 7) is 9.38. The highest BCUT2D eigenvalue weighted by atomic mass is 16.5. The van der Waals surface area contributed by atoms with Crippen LogP contribution in [0.3, 0.4) is 0 Å². The zero-order valence-corrected chi connectivity index (χ0v) is 12.5. The van der Waals surface area contributed by atoms with Gasteiger partial charge in [0.1, 0.15) is 5.75 Å². The van der Waals surface area contributed by atoms with Crippen molar-refractivity contribution in [3.63, 3.8) is 0 Å². The van der Waals surface area contributed by atoms with Gasteiger partial charge in [-0.3, -0.25) is 0 Å². The van der Waals surface area contributed by atoms with E-state index in [0.29, 0.717) is 6.54 Å². The molecule has 0 saturated heterocycles. The Morgan fingerprint density at radius 2 is 1.83 bits per heavy atom. The number of benzene rings is 1.